The van der Waals surface area contributed by atoms with Gasteiger partial charge in [0.05, 0.1) is 12.6 Å². The van der Waals surface area contributed by atoms with Gasteiger partial charge in [0, 0.05) is 18.6 Å². The molecule has 1 atom stereocenters. The van der Waals surface area contributed by atoms with Crippen LogP contribution in [0.3, 0.4) is 0 Å². The number of nitrogens with one attached hydrogen (secondary N) is 1. The first kappa shape index (κ1) is 19.7. The minimum atomic E-state index is -0.800. The van der Waals surface area contributed by atoms with Crippen LogP contribution in [0.1, 0.15) is 63.0 Å². The first-order chi connectivity index (χ1) is 13.0. The molecule has 0 radical (unpaired) electrons. The van der Waals surface area contributed by atoms with Gasteiger partial charge in [0.25, 0.3) is 0 Å². The van der Waals surface area contributed by atoms with Crippen LogP contribution in [-0.4, -0.2) is 58.6 Å². The van der Waals surface area contributed by atoms with E-state index in [1.54, 1.807) is 0 Å². The van der Waals surface area contributed by atoms with E-state index in [2.05, 4.69) is 5.32 Å². The van der Waals surface area contributed by atoms with E-state index in [0.717, 1.165) is 56.6 Å². The second-order valence-corrected chi connectivity index (χ2v) is 7.74. The van der Waals surface area contributed by atoms with E-state index in [0.29, 0.717) is 6.54 Å². The molecule has 1 aromatic rings. The van der Waals surface area contributed by atoms with Gasteiger partial charge in [0.1, 0.15) is 11.5 Å². The molecule has 2 fully saturated rings. The van der Waals surface area contributed by atoms with Crippen LogP contribution in [0, 0.1) is 6.92 Å². The lowest BCUT2D eigenvalue weighted by molar-refractivity contribution is -0.139. The Morgan fingerprint density at radius 1 is 1.30 bits per heavy atom. The molecule has 0 spiro atoms. The van der Waals surface area contributed by atoms with Crippen LogP contribution < -0.4 is 5.32 Å². The maximum atomic E-state index is 12.9. The van der Waals surface area contributed by atoms with Gasteiger partial charge >= 0.3 is 12.0 Å². The number of aliphatic carboxylic acids is 1. The van der Waals surface area contributed by atoms with Crippen LogP contribution in [-0.2, 0) is 4.79 Å². The van der Waals surface area contributed by atoms with Crippen LogP contribution in [0.25, 0.3) is 0 Å². The summed E-state index contributed by atoms with van der Waals surface area (Å²) in [7, 11) is 0. The van der Waals surface area contributed by atoms with Gasteiger partial charge in [-0.1, -0.05) is 19.8 Å². The van der Waals surface area contributed by atoms with Crippen molar-refractivity contribution < 1.29 is 19.1 Å². The number of likely N-dealkylation sites (tertiary alicyclic amines) is 1. The molecule has 1 aromatic heterocycles. The highest BCUT2D eigenvalue weighted by atomic mass is 16.4. The largest absolute Gasteiger partial charge is 0.480 e. The van der Waals surface area contributed by atoms with E-state index >= 15 is 0 Å². The molecule has 0 aromatic carbocycles. The molecule has 7 heteroatoms. The number of carbonyl (C=O) groups is 2. The molecule has 1 saturated heterocycles. The Bertz CT molecular complexity index is 653. The number of likely N-dealkylation sites (N-methyl/N-ethyl adjacent to an activating group) is 1. The lowest BCUT2D eigenvalue weighted by Gasteiger charge is -2.43. The maximum Gasteiger partial charge on any atom is 0.318 e. The average Bonchev–Trinajstić information content (AvgIpc) is 2.88. The normalized spacial score (nSPS) is 25.7. The minimum Gasteiger partial charge on any atom is -0.480 e. The van der Waals surface area contributed by atoms with Crippen molar-refractivity contribution in [1.82, 2.24) is 15.1 Å². The molecule has 2 amide bonds. The molecule has 3 rings (SSSR count). The smallest absolute Gasteiger partial charge is 0.318 e. The average molecular weight is 377 g/mol. The van der Waals surface area contributed by atoms with Gasteiger partial charge < -0.3 is 19.7 Å². The van der Waals surface area contributed by atoms with Gasteiger partial charge in [-0.25, -0.2) is 4.79 Å². The zero-order valence-electron chi connectivity index (χ0n) is 16.3. The van der Waals surface area contributed by atoms with Crippen molar-refractivity contribution in [2.75, 3.05) is 19.6 Å². The number of hydrogen-bond acceptors (Lipinski definition) is 4. The molecule has 27 heavy (non-hydrogen) atoms. The van der Waals surface area contributed by atoms with E-state index in [9.17, 15) is 9.59 Å². The summed E-state index contributed by atoms with van der Waals surface area (Å²) in [5.41, 5.74) is 0. The second-order valence-electron chi connectivity index (χ2n) is 7.74. The standard InChI is InChI=1S/C20H31N3O4/c1-3-22(13-19(24)25)16-11-15(12-16)21-20(26)23-10-6-4-5-7-17(23)18-9-8-14(2)27-18/h8-9,15-17H,3-7,10-13H2,1-2H3,(H,21,26)(H,24,25). The molecule has 2 N–H and O–H groups in total. The SMILES string of the molecule is CCN(CC(=O)O)C1CC(NC(=O)N2CCCCCC2c2ccc(C)o2)C1. The fraction of sp³-hybridized carbons (Fsp3) is 0.700. The highest BCUT2D eigenvalue weighted by Crippen LogP contribution is 2.32. The predicted octanol–water partition coefficient (Wildman–Crippen LogP) is 3.15. The van der Waals surface area contributed by atoms with Crippen LogP contribution in [0.4, 0.5) is 4.79 Å². The second kappa shape index (κ2) is 8.78. The molecular weight excluding hydrogens is 346 g/mol. The lowest BCUT2D eigenvalue weighted by Crippen LogP contribution is -2.57. The minimum absolute atomic E-state index is 0.00350. The summed E-state index contributed by atoms with van der Waals surface area (Å²) in [6, 6.07) is 4.26. The van der Waals surface area contributed by atoms with Crippen molar-refractivity contribution in [3.63, 3.8) is 0 Å². The van der Waals surface area contributed by atoms with Crippen molar-refractivity contribution in [1.29, 1.82) is 0 Å². The van der Waals surface area contributed by atoms with Crippen LogP contribution >= 0.6 is 0 Å². The van der Waals surface area contributed by atoms with E-state index in [1.807, 2.05) is 35.8 Å². The maximum absolute atomic E-state index is 12.9. The molecule has 0 bridgehead atoms. The summed E-state index contributed by atoms with van der Waals surface area (Å²) in [5, 5.41) is 12.2. The summed E-state index contributed by atoms with van der Waals surface area (Å²) >= 11 is 0. The quantitative estimate of drug-likeness (QED) is 0.795. The molecule has 2 heterocycles. The first-order valence-corrected chi connectivity index (χ1v) is 10.1. The van der Waals surface area contributed by atoms with Gasteiger partial charge in [-0.15, -0.1) is 0 Å². The monoisotopic (exact) mass is 377 g/mol. The van der Waals surface area contributed by atoms with Gasteiger partial charge in [-0.2, -0.15) is 0 Å². The van der Waals surface area contributed by atoms with Crippen molar-refractivity contribution in [2.45, 2.75) is 70.5 Å². The summed E-state index contributed by atoms with van der Waals surface area (Å²) in [4.78, 5) is 27.8. The van der Waals surface area contributed by atoms with E-state index in [1.165, 1.54) is 0 Å². The Morgan fingerprint density at radius 2 is 2.07 bits per heavy atom. The predicted molar refractivity (Wildman–Crippen MR) is 102 cm³/mol. The number of carboxylic acids is 1. The van der Waals surface area contributed by atoms with Gasteiger partial charge in [-0.3, -0.25) is 9.69 Å². The Morgan fingerprint density at radius 3 is 2.70 bits per heavy atom. The number of rotatable bonds is 6. The van der Waals surface area contributed by atoms with E-state index in [-0.39, 0.29) is 30.7 Å². The third-order valence-electron chi connectivity index (χ3n) is 5.80. The van der Waals surface area contributed by atoms with Crippen LogP contribution in [0.2, 0.25) is 0 Å². The lowest BCUT2D eigenvalue weighted by atomic mass is 9.85. The highest BCUT2D eigenvalue weighted by molar-refractivity contribution is 5.75. The number of carbonyl (C=O) groups excluding carboxylic acids is 1. The third kappa shape index (κ3) is 4.83. The van der Waals surface area contributed by atoms with Gasteiger partial charge in [0.15, 0.2) is 0 Å². The first-order valence-electron chi connectivity index (χ1n) is 10.1. The Kier molecular flexibility index (Phi) is 6.42. The van der Waals surface area contributed by atoms with Gasteiger partial charge in [0.2, 0.25) is 0 Å². The van der Waals surface area contributed by atoms with Crippen molar-refractivity contribution in [3.8, 4) is 0 Å². The number of amides is 2. The Labute approximate surface area is 160 Å². The number of hydrogen-bond donors (Lipinski definition) is 2. The number of furan rings is 1. The molecule has 1 unspecified atom stereocenters. The topological polar surface area (TPSA) is 86.0 Å². The molecule has 2 aliphatic rings. The zero-order chi connectivity index (χ0) is 19.4. The number of carboxylic acid groups (broad SMARTS) is 1. The molecule has 7 nitrogen and oxygen atoms in total. The van der Waals surface area contributed by atoms with E-state index in [4.69, 9.17) is 9.52 Å². The summed E-state index contributed by atoms with van der Waals surface area (Å²) in [6.45, 7) is 5.42. The third-order valence-corrected chi connectivity index (χ3v) is 5.80. The van der Waals surface area contributed by atoms with E-state index < -0.39 is 5.97 Å². The molecule has 1 aliphatic carbocycles. The highest BCUT2D eigenvalue weighted by Gasteiger charge is 2.37. The number of aryl methyl sites for hydroxylation is 1. The zero-order valence-corrected chi connectivity index (χ0v) is 16.3. The Hall–Kier alpha value is -2.02. The molecule has 1 saturated carbocycles. The van der Waals surface area contributed by atoms with Crippen LogP contribution in [0.5, 0.6) is 0 Å². The number of urea groups is 1. The van der Waals surface area contributed by atoms with Crippen molar-refractivity contribution in [3.05, 3.63) is 23.7 Å². The van der Waals surface area contributed by atoms with Gasteiger partial charge in [-0.05, 0) is 51.3 Å². The Balaban J connectivity index is 1.57. The van der Waals surface area contributed by atoms with Crippen molar-refractivity contribution >= 4 is 12.0 Å². The summed E-state index contributed by atoms with van der Waals surface area (Å²) in [6.07, 6.45) is 5.79. The fourth-order valence-electron chi connectivity index (χ4n) is 4.21. The van der Waals surface area contributed by atoms with Crippen molar-refractivity contribution in [2.24, 2.45) is 0 Å². The van der Waals surface area contributed by atoms with Crippen LogP contribution in [0.15, 0.2) is 16.5 Å². The fourth-order valence-corrected chi connectivity index (χ4v) is 4.21. The summed E-state index contributed by atoms with van der Waals surface area (Å²) in [5.74, 6) is 0.940. The number of nitrogens with zero attached hydrogens (tertiary/aromatic N) is 2. The molecule has 1 aliphatic heterocycles. The molecular formula is C20H31N3O4. The summed E-state index contributed by atoms with van der Waals surface area (Å²) < 4.78 is 5.82. The molecule has 150 valence electrons.